The lowest BCUT2D eigenvalue weighted by Crippen LogP contribution is -2.53. The van der Waals surface area contributed by atoms with Crippen LogP contribution in [0.4, 0.5) is 0 Å². The van der Waals surface area contributed by atoms with Crippen LogP contribution in [0, 0.1) is 0 Å². The molecule has 1 aliphatic heterocycles. The Morgan fingerprint density at radius 3 is 2.68 bits per heavy atom. The van der Waals surface area contributed by atoms with Crippen molar-refractivity contribution in [3.63, 3.8) is 0 Å². The van der Waals surface area contributed by atoms with E-state index in [9.17, 15) is 5.11 Å². The standard InChI is InChI=1S/C15H24N2O2/c1-15(2)11-17(9-14(10-18)19-15)8-13-6-4-3-5-12(13)7-16/h3-6,14,18H,7-11,16H2,1-2H3. The van der Waals surface area contributed by atoms with E-state index in [-0.39, 0.29) is 18.3 Å². The minimum Gasteiger partial charge on any atom is -0.394 e. The first-order valence-corrected chi connectivity index (χ1v) is 6.82. The number of ether oxygens (including phenoxy) is 1. The third-order valence-electron chi connectivity index (χ3n) is 3.49. The first-order chi connectivity index (χ1) is 9.04. The van der Waals surface area contributed by atoms with Crippen molar-refractivity contribution in [3.8, 4) is 0 Å². The minimum atomic E-state index is -0.219. The fourth-order valence-corrected chi connectivity index (χ4v) is 2.78. The maximum Gasteiger partial charge on any atom is 0.0940 e. The average Bonchev–Trinajstić information content (AvgIpc) is 2.37. The van der Waals surface area contributed by atoms with E-state index in [2.05, 4.69) is 30.9 Å². The SMILES string of the molecule is CC1(C)CN(Cc2ccccc2CN)CC(CO)O1. The molecular weight excluding hydrogens is 240 g/mol. The van der Waals surface area contributed by atoms with Crippen LogP contribution >= 0.6 is 0 Å². The van der Waals surface area contributed by atoms with Gasteiger partial charge in [-0.25, -0.2) is 0 Å². The second kappa shape index (κ2) is 6.01. The maximum absolute atomic E-state index is 9.34. The molecule has 0 spiro atoms. The highest BCUT2D eigenvalue weighted by Gasteiger charge is 2.33. The van der Waals surface area contributed by atoms with Gasteiger partial charge in [-0.2, -0.15) is 0 Å². The molecule has 1 aromatic rings. The van der Waals surface area contributed by atoms with Crippen molar-refractivity contribution in [2.24, 2.45) is 5.73 Å². The van der Waals surface area contributed by atoms with Gasteiger partial charge in [0.25, 0.3) is 0 Å². The van der Waals surface area contributed by atoms with E-state index in [0.29, 0.717) is 6.54 Å². The highest BCUT2D eigenvalue weighted by atomic mass is 16.5. The third kappa shape index (κ3) is 3.76. The lowest BCUT2D eigenvalue weighted by molar-refractivity contribution is -0.150. The lowest BCUT2D eigenvalue weighted by atomic mass is 10.0. The van der Waals surface area contributed by atoms with Crippen LogP contribution in [0.15, 0.2) is 24.3 Å². The summed E-state index contributed by atoms with van der Waals surface area (Å²) in [5.74, 6) is 0. The smallest absolute Gasteiger partial charge is 0.0940 e. The van der Waals surface area contributed by atoms with Gasteiger partial charge < -0.3 is 15.6 Å². The van der Waals surface area contributed by atoms with Crippen LogP contribution in [0.3, 0.4) is 0 Å². The highest BCUT2D eigenvalue weighted by molar-refractivity contribution is 5.26. The van der Waals surface area contributed by atoms with Gasteiger partial charge in [-0.3, -0.25) is 4.90 Å². The summed E-state index contributed by atoms with van der Waals surface area (Å²) in [6.07, 6.45) is -0.103. The molecule has 2 rings (SSSR count). The van der Waals surface area contributed by atoms with Crippen LogP contribution in [-0.2, 0) is 17.8 Å². The van der Waals surface area contributed by atoms with Crippen molar-refractivity contribution in [2.75, 3.05) is 19.7 Å². The Labute approximate surface area is 115 Å². The summed E-state index contributed by atoms with van der Waals surface area (Å²) in [4.78, 5) is 2.33. The fraction of sp³-hybridized carbons (Fsp3) is 0.600. The molecule has 0 saturated carbocycles. The predicted molar refractivity (Wildman–Crippen MR) is 75.6 cm³/mol. The first kappa shape index (κ1) is 14.5. The van der Waals surface area contributed by atoms with Crippen molar-refractivity contribution in [1.29, 1.82) is 0 Å². The fourth-order valence-electron chi connectivity index (χ4n) is 2.78. The molecule has 0 amide bonds. The number of benzene rings is 1. The number of rotatable bonds is 4. The summed E-state index contributed by atoms with van der Waals surface area (Å²) >= 11 is 0. The zero-order chi connectivity index (χ0) is 13.9. The molecule has 0 bridgehead atoms. The Morgan fingerprint density at radius 1 is 1.37 bits per heavy atom. The van der Waals surface area contributed by atoms with Crippen LogP contribution < -0.4 is 5.73 Å². The molecule has 0 aromatic heterocycles. The Kier molecular flexibility index (Phi) is 4.58. The molecule has 4 heteroatoms. The summed E-state index contributed by atoms with van der Waals surface area (Å²) in [6.45, 7) is 7.25. The lowest BCUT2D eigenvalue weighted by Gasteiger charge is -2.42. The quantitative estimate of drug-likeness (QED) is 0.855. The van der Waals surface area contributed by atoms with Crippen molar-refractivity contribution >= 4 is 0 Å². The monoisotopic (exact) mass is 264 g/mol. The van der Waals surface area contributed by atoms with Gasteiger partial charge in [-0.05, 0) is 25.0 Å². The molecule has 1 atom stereocenters. The number of nitrogens with two attached hydrogens (primary N) is 1. The first-order valence-electron chi connectivity index (χ1n) is 6.82. The van der Waals surface area contributed by atoms with E-state index < -0.39 is 0 Å². The second-order valence-corrected chi connectivity index (χ2v) is 5.82. The van der Waals surface area contributed by atoms with Crippen molar-refractivity contribution in [3.05, 3.63) is 35.4 Å². The molecule has 106 valence electrons. The third-order valence-corrected chi connectivity index (χ3v) is 3.49. The van der Waals surface area contributed by atoms with Gasteiger partial charge in [0.1, 0.15) is 0 Å². The van der Waals surface area contributed by atoms with Crippen LogP contribution in [0.2, 0.25) is 0 Å². The van der Waals surface area contributed by atoms with Gasteiger partial charge in [0.2, 0.25) is 0 Å². The molecule has 0 radical (unpaired) electrons. The Balaban J connectivity index is 2.09. The minimum absolute atomic E-state index is 0.0679. The van der Waals surface area contributed by atoms with Gasteiger partial charge in [0, 0.05) is 26.2 Å². The number of hydrogen-bond donors (Lipinski definition) is 2. The van der Waals surface area contributed by atoms with Crippen molar-refractivity contribution < 1.29 is 9.84 Å². The molecule has 1 unspecified atom stereocenters. The van der Waals surface area contributed by atoms with Crippen molar-refractivity contribution in [2.45, 2.75) is 38.6 Å². The van der Waals surface area contributed by atoms with Crippen LogP contribution in [0.5, 0.6) is 0 Å². The predicted octanol–water partition coefficient (Wildman–Crippen LogP) is 1.12. The average molecular weight is 264 g/mol. The van der Waals surface area contributed by atoms with Gasteiger partial charge in [-0.1, -0.05) is 24.3 Å². The van der Waals surface area contributed by atoms with Gasteiger partial charge in [0.15, 0.2) is 0 Å². The molecule has 1 fully saturated rings. The van der Waals surface area contributed by atoms with Crippen LogP contribution in [-0.4, -0.2) is 41.4 Å². The molecule has 1 saturated heterocycles. The van der Waals surface area contributed by atoms with Crippen LogP contribution in [0.1, 0.15) is 25.0 Å². The molecule has 1 heterocycles. The normalized spacial score (nSPS) is 23.5. The molecule has 0 aliphatic carbocycles. The highest BCUT2D eigenvalue weighted by Crippen LogP contribution is 2.23. The van der Waals surface area contributed by atoms with Gasteiger partial charge in [0.05, 0.1) is 18.3 Å². The largest absolute Gasteiger partial charge is 0.394 e. The van der Waals surface area contributed by atoms with E-state index in [4.69, 9.17) is 10.5 Å². The van der Waals surface area contributed by atoms with E-state index in [1.54, 1.807) is 0 Å². The second-order valence-electron chi connectivity index (χ2n) is 5.82. The molecular formula is C15H24N2O2. The molecule has 3 N–H and O–H groups in total. The summed E-state index contributed by atoms with van der Waals surface area (Å²) in [6, 6.07) is 8.26. The van der Waals surface area contributed by atoms with Gasteiger partial charge in [-0.15, -0.1) is 0 Å². The number of hydrogen-bond acceptors (Lipinski definition) is 4. The summed E-state index contributed by atoms with van der Waals surface area (Å²) in [5.41, 5.74) is 8.01. The molecule has 1 aliphatic rings. The summed E-state index contributed by atoms with van der Waals surface area (Å²) < 4.78 is 5.83. The number of morpholine rings is 1. The van der Waals surface area contributed by atoms with E-state index in [1.807, 2.05) is 12.1 Å². The van der Waals surface area contributed by atoms with Gasteiger partial charge >= 0.3 is 0 Å². The van der Waals surface area contributed by atoms with E-state index in [0.717, 1.165) is 19.6 Å². The summed E-state index contributed by atoms with van der Waals surface area (Å²) in [5, 5.41) is 9.34. The summed E-state index contributed by atoms with van der Waals surface area (Å²) in [7, 11) is 0. The zero-order valence-corrected chi connectivity index (χ0v) is 11.8. The topological polar surface area (TPSA) is 58.7 Å². The Bertz CT molecular complexity index is 420. The van der Waals surface area contributed by atoms with E-state index >= 15 is 0 Å². The number of aliphatic hydroxyl groups excluding tert-OH is 1. The Hall–Kier alpha value is -0.940. The number of nitrogens with zero attached hydrogens (tertiary/aromatic N) is 1. The van der Waals surface area contributed by atoms with Crippen LogP contribution in [0.25, 0.3) is 0 Å². The van der Waals surface area contributed by atoms with E-state index in [1.165, 1.54) is 11.1 Å². The molecule has 19 heavy (non-hydrogen) atoms. The molecule has 1 aromatic carbocycles. The Morgan fingerprint density at radius 2 is 2.05 bits per heavy atom. The van der Waals surface area contributed by atoms with Crippen molar-refractivity contribution in [1.82, 2.24) is 4.90 Å². The maximum atomic E-state index is 9.34. The zero-order valence-electron chi connectivity index (χ0n) is 11.8. The molecule has 4 nitrogen and oxygen atoms in total. The number of aliphatic hydroxyl groups is 1.